The fourth-order valence-electron chi connectivity index (χ4n) is 2.21. The molecular formula is C18H15F3O4STe. The second-order valence-electron chi connectivity index (χ2n) is 5.42. The Bertz CT molecular complexity index is 1040. The van der Waals surface area contributed by atoms with Gasteiger partial charge >= 0.3 is 129 Å². The molecule has 27 heavy (non-hydrogen) atoms. The van der Waals surface area contributed by atoms with Crippen LogP contribution in [0.5, 0.6) is 5.75 Å². The molecule has 9 heteroatoms. The normalized spacial score (nSPS) is 11.6. The zero-order valence-electron chi connectivity index (χ0n) is 14.3. The SMILES string of the molecule is COc1ccc2c(C)cc(-c3ccccc3)[te+]c2c1.O=S(=O)([O-])C(F)(F)F. The summed E-state index contributed by atoms with van der Waals surface area (Å²) in [4.78, 5) is 0. The van der Waals surface area contributed by atoms with Crippen molar-refractivity contribution in [1.82, 2.24) is 0 Å². The third-order valence-corrected chi connectivity index (χ3v) is 7.32. The predicted molar refractivity (Wildman–Crippen MR) is 97.8 cm³/mol. The first-order valence-corrected chi connectivity index (χ1v) is 11.3. The summed E-state index contributed by atoms with van der Waals surface area (Å²) in [7, 11) is -4.36. The van der Waals surface area contributed by atoms with Gasteiger partial charge in [-0.1, -0.05) is 0 Å². The number of benzene rings is 2. The summed E-state index contributed by atoms with van der Waals surface area (Å²) < 4.78 is 67.2. The molecule has 0 unspecified atom stereocenters. The van der Waals surface area contributed by atoms with Crippen molar-refractivity contribution < 1.29 is 30.9 Å². The summed E-state index contributed by atoms with van der Waals surface area (Å²) in [6.07, 6.45) is 0. The number of fused-ring (bicyclic) bond motifs is 1. The second kappa shape index (κ2) is 8.57. The molecule has 0 bridgehead atoms. The summed E-state index contributed by atoms with van der Waals surface area (Å²) in [6, 6.07) is 19.5. The molecule has 0 atom stereocenters. The van der Waals surface area contributed by atoms with Crippen LogP contribution in [-0.4, -0.2) is 46.0 Å². The number of aryl methyl sites for hydroxylation is 1. The molecule has 0 aliphatic rings. The van der Waals surface area contributed by atoms with Crippen LogP contribution in [-0.2, 0) is 10.1 Å². The molecule has 3 aromatic rings. The predicted octanol–water partition coefficient (Wildman–Crippen LogP) is 4.21. The molecule has 0 saturated heterocycles. The Hall–Kier alpha value is -1.66. The number of hydrogen-bond acceptors (Lipinski definition) is 4. The van der Waals surface area contributed by atoms with Crippen LogP contribution in [0.25, 0.3) is 17.9 Å². The van der Waals surface area contributed by atoms with Crippen molar-refractivity contribution in [3.05, 3.63) is 60.2 Å². The Morgan fingerprint density at radius 3 is 2.15 bits per heavy atom. The molecule has 0 aliphatic heterocycles. The standard InChI is InChI=1S/C17H15OTe.CHF3O3S/c1-12-10-16(13-6-4-3-5-7-13)19-17-11-14(18-2)8-9-15(12)17;2-1(3,4)8(5,6)7/h3-11H,1-2H3;(H,5,6,7)/q+1;/p-1. The summed E-state index contributed by atoms with van der Waals surface area (Å²) >= 11 is -0.340. The molecule has 2 aromatic carbocycles. The van der Waals surface area contributed by atoms with Gasteiger partial charge < -0.3 is 4.55 Å². The number of hydrogen-bond donors (Lipinski definition) is 0. The van der Waals surface area contributed by atoms with E-state index in [4.69, 9.17) is 17.7 Å². The maximum atomic E-state index is 10.7. The third-order valence-electron chi connectivity index (χ3n) is 3.52. The van der Waals surface area contributed by atoms with Crippen molar-refractivity contribution in [3.8, 4) is 14.9 Å². The first-order valence-electron chi connectivity index (χ1n) is 7.52. The van der Waals surface area contributed by atoms with Gasteiger partial charge in [0.05, 0.1) is 0 Å². The third kappa shape index (κ3) is 5.66. The van der Waals surface area contributed by atoms with E-state index in [1.54, 1.807) is 7.11 Å². The summed E-state index contributed by atoms with van der Waals surface area (Å²) in [6.45, 7) is 2.19. The number of ether oxygens (including phenoxy) is 1. The number of rotatable bonds is 2. The molecule has 0 radical (unpaired) electrons. The average Bonchev–Trinajstić information content (AvgIpc) is 2.60. The topological polar surface area (TPSA) is 66.4 Å². The summed E-state index contributed by atoms with van der Waals surface area (Å²) in [5.41, 5.74) is -2.93. The van der Waals surface area contributed by atoms with Crippen molar-refractivity contribution in [2.45, 2.75) is 12.4 Å². The van der Waals surface area contributed by atoms with Crippen LogP contribution in [0.1, 0.15) is 5.56 Å². The Labute approximate surface area is 164 Å². The molecule has 0 fully saturated rings. The van der Waals surface area contributed by atoms with Crippen LogP contribution in [0.2, 0.25) is 0 Å². The van der Waals surface area contributed by atoms with E-state index >= 15 is 0 Å². The summed E-state index contributed by atoms with van der Waals surface area (Å²) in [5, 5.41) is 1.39. The Balaban J connectivity index is 0.000000279. The molecule has 1 aromatic heterocycles. The van der Waals surface area contributed by atoms with Gasteiger partial charge in [-0.05, 0) is 0 Å². The van der Waals surface area contributed by atoms with Gasteiger partial charge in [0.25, 0.3) is 0 Å². The van der Waals surface area contributed by atoms with Crippen LogP contribution in [0.15, 0.2) is 54.6 Å². The molecule has 0 amide bonds. The van der Waals surface area contributed by atoms with Crippen molar-refractivity contribution in [3.63, 3.8) is 0 Å². The van der Waals surface area contributed by atoms with Crippen LogP contribution in [0.4, 0.5) is 13.2 Å². The fraction of sp³-hybridized carbons (Fsp3) is 0.167. The van der Waals surface area contributed by atoms with Gasteiger partial charge in [0.15, 0.2) is 10.1 Å². The minimum absolute atomic E-state index is 0.340. The van der Waals surface area contributed by atoms with E-state index in [-0.39, 0.29) is 20.4 Å². The van der Waals surface area contributed by atoms with Crippen molar-refractivity contribution in [1.29, 1.82) is 0 Å². The van der Waals surface area contributed by atoms with Crippen LogP contribution < -0.4 is 4.74 Å². The molecule has 0 spiro atoms. The quantitative estimate of drug-likeness (QED) is 0.294. The van der Waals surface area contributed by atoms with Crippen LogP contribution >= 0.6 is 0 Å². The van der Waals surface area contributed by atoms with Gasteiger partial charge in [0, 0.05) is 0 Å². The Morgan fingerprint density at radius 1 is 1.04 bits per heavy atom. The number of alkyl halides is 3. The van der Waals surface area contributed by atoms with Crippen LogP contribution in [0.3, 0.4) is 0 Å². The maximum absolute atomic E-state index is 10.7. The van der Waals surface area contributed by atoms with E-state index in [1.165, 1.54) is 23.5 Å². The van der Waals surface area contributed by atoms with Crippen LogP contribution in [0, 0.1) is 6.92 Å². The smallest absolute Gasteiger partial charge is 0.485 e. The Morgan fingerprint density at radius 2 is 1.63 bits per heavy atom. The number of methoxy groups -OCH3 is 1. The molecule has 144 valence electrons. The molecular weight excluding hydrogens is 497 g/mol. The van der Waals surface area contributed by atoms with E-state index in [0.29, 0.717) is 0 Å². The zero-order valence-corrected chi connectivity index (χ0v) is 17.4. The molecule has 1 heterocycles. The average molecular weight is 512 g/mol. The van der Waals surface area contributed by atoms with E-state index in [2.05, 4.69) is 61.5 Å². The van der Waals surface area contributed by atoms with Crippen molar-refractivity contribution in [2.24, 2.45) is 0 Å². The van der Waals surface area contributed by atoms with E-state index in [0.717, 1.165) is 5.75 Å². The molecule has 3 rings (SSSR count). The fourth-order valence-corrected chi connectivity index (χ4v) is 5.75. The van der Waals surface area contributed by atoms with Crippen molar-refractivity contribution in [2.75, 3.05) is 7.11 Å². The van der Waals surface area contributed by atoms with E-state index < -0.39 is 15.6 Å². The first kappa shape index (κ1) is 21.6. The summed E-state index contributed by atoms with van der Waals surface area (Å²) in [5.74, 6) is 0.964. The Kier molecular flexibility index (Phi) is 6.87. The van der Waals surface area contributed by atoms with E-state index in [9.17, 15) is 13.2 Å². The zero-order chi connectivity index (χ0) is 20.2. The first-order chi connectivity index (χ1) is 12.5. The van der Waals surface area contributed by atoms with Gasteiger partial charge in [-0.3, -0.25) is 0 Å². The molecule has 0 N–H and O–H groups in total. The van der Waals surface area contributed by atoms with Gasteiger partial charge in [-0.25, -0.2) is 8.42 Å². The monoisotopic (exact) mass is 514 g/mol. The molecule has 4 nitrogen and oxygen atoms in total. The second-order valence-corrected chi connectivity index (χ2v) is 9.89. The van der Waals surface area contributed by atoms with Gasteiger partial charge in [0.2, 0.25) is 0 Å². The molecule has 0 aliphatic carbocycles. The minimum Gasteiger partial charge on any atom is -0.741 e. The molecule has 0 saturated carbocycles. The largest absolute Gasteiger partial charge is 0.741 e. The van der Waals surface area contributed by atoms with Gasteiger partial charge in [-0.2, -0.15) is 13.2 Å². The van der Waals surface area contributed by atoms with Gasteiger partial charge in [0.1, 0.15) is 0 Å². The van der Waals surface area contributed by atoms with Crippen molar-refractivity contribution >= 4 is 39.3 Å². The van der Waals surface area contributed by atoms with Gasteiger partial charge in [-0.15, -0.1) is 0 Å². The minimum atomic E-state index is -6.09. The maximum Gasteiger partial charge on any atom is 0.485 e. The number of halogens is 3. The van der Waals surface area contributed by atoms with E-state index in [1.807, 2.05) is 0 Å².